The number of imidazole rings is 1. The van der Waals surface area contributed by atoms with Crippen molar-refractivity contribution in [3.8, 4) is 0 Å². The van der Waals surface area contributed by atoms with Gasteiger partial charge in [0.1, 0.15) is 11.6 Å². The minimum absolute atomic E-state index is 0.119. The average Bonchev–Trinajstić information content (AvgIpc) is 2.93. The number of hydrogen-bond donors (Lipinski definition) is 2. The second-order valence-corrected chi connectivity index (χ2v) is 5.53. The van der Waals surface area contributed by atoms with Crippen LogP contribution in [0.4, 0.5) is 4.39 Å². The number of carbonyl (C=O) groups excluding carboxylic acids is 2. The van der Waals surface area contributed by atoms with Gasteiger partial charge in [0, 0.05) is 17.7 Å². The number of nitrogens with zero attached hydrogens (tertiary/aromatic N) is 2. The third-order valence-corrected chi connectivity index (χ3v) is 3.89. The van der Waals surface area contributed by atoms with Gasteiger partial charge in [0.25, 0.3) is 11.8 Å². The van der Waals surface area contributed by atoms with Crippen molar-refractivity contribution in [1.82, 2.24) is 20.4 Å². The molecule has 7 heteroatoms. The van der Waals surface area contributed by atoms with Crippen molar-refractivity contribution in [1.29, 1.82) is 0 Å². The maximum Gasteiger partial charge on any atom is 0.269 e. The molecule has 0 bridgehead atoms. The highest BCUT2D eigenvalue weighted by Gasteiger charge is 2.12. The van der Waals surface area contributed by atoms with Crippen LogP contribution >= 0.6 is 0 Å². The summed E-state index contributed by atoms with van der Waals surface area (Å²) in [6, 6.07) is 10.4. The molecule has 0 spiro atoms. The van der Waals surface area contributed by atoms with E-state index in [0.29, 0.717) is 11.1 Å². The molecular weight excluding hydrogens is 323 g/mol. The molecule has 0 saturated heterocycles. The fraction of sp³-hybridized carbons (Fsp3) is 0.167. The summed E-state index contributed by atoms with van der Waals surface area (Å²) in [5.41, 5.74) is 6.73. The molecule has 2 amide bonds. The second-order valence-electron chi connectivity index (χ2n) is 5.53. The minimum Gasteiger partial charge on any atom is -0.329 e. The van der Waals surface area contributed by atoms with E-state index in [0.717, 1.165) is 24.0 Å². The van der Waals surface area contributed by atoms with Crippen molar-refractivity contribution in [2.45, 2.75) is 20.4 Å². The SMILES string of the molecule is CCn1c(C)nc2cc(C(=O)NNC(=O)c3cccc(F)c3)ccc21. The lowest BCUT2D eigenvalue weighted by atomic mass is 10.2. The van der Waals surface area contributed by atoms with E-state index in [1.807, 2.05) is 24.5 Å². The number of aromatic nitrogens is 2. The van der Waals surface area contributed by atoms with Gasteiger partial charge in [-0.15, -0.1) is 0 Å². The van der Waals surface area contributed by atoms with Crippen LogP contribution in [-0.2, 0) is 6.54 Å². The Balaban J connectivity index is 1.73. The smallest absolute Gasteiger partial charge is 0.269 e. The van der Waals surface area contributed by atoms with E-state index in [9.17, 15) is 14.0 Å². The standard InChI is InChI=1S/C18H17FN4O2/c1-3-23-11(2)20-15-10-13(7-8-16(15)23)18(25)22-21-17(24)12-5-4-6-14(19)9-12/h4-10H,3H2,1-2H3,(H,21,24)(H,22,25). The summed E-state index contributed by atoms with van der Waals surface area (Å²) in [5.74, 6) is -0.726. The lowest BCUT2D eigenvalue weighted by molar-refractivity contribution is 0.0846. The number of benzene rings is 2. The van der Waals surface area contributed by atoms with E-state index in [4.69, 9.17) is 0 Å². The molecule has 3 aromatic rings. The first-order valence-electron chi connectivity index (χ1n) is 7.82. The summed E-state index contributed by atoms with van der Waals surface area (Å²) < 4.78 is 15.2. The summed E-state index contributed by atoms with van der Waals surface area (Å²) in [6.07, 6.45) is 0. The number of hydrogen-bond acceptors (Lipinski definition) is 3. The number of fused-ring (bicyclic) bond motifs is 1. The lowest BCUT2D eigenvalue weighted by Gasteiger charge is -2.08. The van der Waals surface area contributed by atoms with Crippen molar-refractivity contribution >= 4 is 22.8 Å². The van der Waals surface area contributed by atoms with Crippen molar-refractivity contribution in [3.63, 3.8) is 0 Å². The first-order valence-corrected chi connectivity index (χ1v) is 7.82. The molecule has 0 fully saturated rings. The van der Waals surface area contributed by atoms with Gasteiger partial charge < -0.3 is 4.57 Å². The summed E-state index contributed by atoms with van der Waals surface area (Å²) in [5, 5.41) is 0. The monoisotopic (exact) mass is 340 g/mol. The topological polar surface area (TPSA) is 76.0 Å². The van der Waals surface area contributed by atoms with Crippen LogP contribution in [0.3, 0.4) is 0 Å². The average molecular weight is 340 g/mol. The zero-order valence-corrected chi connectivity index (χ0v) is 13.8. The molecule has 0 unspecified atom stereocenters. The molecule has 0 aliphatic rings. The van der Waals surface area contributed by atoms with E-state index in [1.54, 1.807) is 12.1 Å². The van der Waals surface area contributed by atoms with Crippen LogP contribution in [0.15, 0.2) is 42.5 Å². The predicted octanol–water partition coefficient (Wildman–Crippen LogP) is 2.58. The molecule has 0 aliphatic carbocycles. The van der Waals surface area contributed by atoms with Gasteiger partial charge in [0.05, 0.1) is 11.0 Å². The summed E-state index contributed by atoms with van der Waals surface area (Å²) in [6.45, 7) is 4.72. The molecule has 1 aromatic heterocycles. The molecule has 2 N–H and O–H groups in total. The predicted molar refractivity (Wildman–Crippen MR) is 91.5 cm³/mol. The number of rotatable bonds is 3. The Bertz CT molecular complexity index is 965. The normalized spacial score (nSPS) is 10.7. The van der Waals surface area contributed by atoms with Crippen molar-refractivity contribution < 1.29 is 14.0 Å². The number of aryl methyl sites for hydroxylation is 2. The molecule has 6 nitrogen and oxygen atoms in total. The third-order valence-electron chi connectivity index (χ3n) is 3.89. The molecule has 0 aliphatic heterocycles. The zero-order valence-electron chi connectivity index (χ0n) is 13.8. The Hall–Kier alpha value is -3.22. The highest BCUT2D eigenvalue weighted by Crippen LogP contribution is 2.17. The largest absolute Gasteiger partial charge is 0.329 e. The highest BCUT2D eigenvalue weighted by atomic mass is 19.1. The Morgan fingerprint density at radius 2 is 1.76 bits per heavy atom. The molecule has 0 saturated carbocycles. The van der Waals surface area contributed by atoms with Crippen LogP contribution in [0.5, 0.6) is 0 Å². The van der Waals surface area contributed by atoms with Gasteiger partial charge in [0.2, 0.25) is 0 Å². The van der Waals surface area contributed by atoms with Crippen LogP contribution in [0.2, 0.25) is 0 Å². The van der Waals surface area contributed by atoms with Crippen LogP contribution in [-0.4, -0.2) is 21.4 Å². The fourth-order valence-electron chi connectivity index (χ4n) is 2.68. The molecule has 25 heavy (non-hydrogen) atoms. The molecule has 128 valence electrons. The Morgan fingerprint density at radius 3 is 2.40 bits per heavy atom. The summed E-state index contributed by atoms with van der Waals surface area (Å²) in [7, 11) is 0. The van der Waals surface area contributed by atoms with E-state index in [1.165, 1.54) is 18.2 Å². The number of carbonyl (C=O) groups is 2. The Kier molecular flexibility index (Phi) is 4.47. The Morgan fingerprint density at radius 1 is 1.08 bits per heavy atom. The number of nitrogens with one attached hydrogen (secondary N) is 2. The van der Waals surface area contributed by atoms with Crippen LogP contribution in [0.1, 0.15) is 33.5 Å². The van der Waals surface area contributed by atoms with Crippen LogP contribution in [0, 0.1) is 12.7 Å². The van der Waals surface area contributed by atoms with Gasteiger partial charge >= 0.3 is 0 Å². The molecular formula is C18H17FN4O2. The molecule has 0 atom stereocenters. The van der Waals surface area contributed by atoms with E-state index in [-0.39, 0.29) is 5.56 Å². The van der Waals surface area contributed by atoms with Crippen molar-refractivity contribution in [3.05, 3.63) is 65.2 Å². The minimum atomic E-state index is -0.597. The van der Waals surface area contributed by atoms with E-state index >= 15 is 0 Å². The van der Waals surface area contributed by atoms with Crippen LogP contribution in [0.25, 0.3) is 11.0 Å². The Labute approximate surface area is 143 Å². The quantitative estimate of drug-likeness (QED) is 0.720. The van der Waals surface area contributed by atoms with E-state index < -0.39 is 17.6 Å². The first kappa shape index (κ1) is 16.6. The third kappa shape index (κ3) is 3.35. The number of amides is 2. The van der Waals surface area contributed by atoms with Gasteiger partial charge in [-0.3, -0.25) is 20.4 Å². The molecule has 2 aromatic carbocycles. The first-order chi connectivity index (χ1) is 12.0. The van der Waals surface area contributed by atoms with Gasteiger partial charge in [-0.25, -0.2) is 9.37 Å². The molecule has 0 radical (unpaired) electrons. The maximum absolute atomic E-state index is 13.1. The second kappa shape index (κ2) is 6.72. The van der Waals surface area contributed by atoms with Gasteiger partial charge in [0.15, 0.2) is 0 Å². The van der Waals surface area contributed by atoms with Crippen LogP contribution < -0.4 is 10.9 Å². The van der Waals surface area contributed by atoms with Crippen molar-refractivity contribution in [2.24, 2.45) is 0 Å². The van der Waals surface area contributed by atoms with Gasteiger partial charge in [-0.2, -0.15) is 0 Å². The summed E-state index contributed by atoms with van der Waals surface area (Å²) >= 11 is 0. The fourth-order valence-corrected chi connectivity index (χ4v) is 2.68. The molecule has 1 heterocycles. The van der Waals surface area contributed by atoms with E-state index in [2.05, 4.69) is 15.8 Å². The van der Waals surface area contributed by atoms with Gasteiger partial charge in [-0.1, -0.05) is 6.07 Å². The number of halogens is 1. The summed E-state index contributed by atoms with van der Waals surface area (Å²) in [4.78, 5) is 28.6. The highest BCUT2D eigenvalue weighted by molar-refractivity contribution is 6.00. The zero-order chi connectivity index (χ0) is 18.0. The molecule has 3 rings (SSSR count). The lowest BCUT2D eigenvalue weighted by Crippen LogP contribution is -2.41. The van der Waals surface area contributed by atoms with Crippen molar-refractivity contribution in [2.75, 3.05) is 0 Å². The van der Waals surface area contributed by atoms with Gasteiger partial charge in [-0.05, 0) is 50.2 Å². The number of hydrazine groups is 1. The maximum atomic E-state index is 13.1.